The number of nitrogens with zero attached hydrogens (tertiary/aromatic N) is 1. The predicted octanol–water partition coefficient (Wildman–Crippen LogP) is 6.72. The number of hydrogen-bond acceptors (Lipinski definition) is 11. The first-order valence-corrected chi connectivity index (χ1v) is 20.2. The number of aliphatic hydroxyl groups is 1. The van der Waals surface area contributed by atoms with Crippen molar-refractivity contribution >= 4 is 6.16 Å². The Morgan fingerprint density at radius 1 is 0.962 bits per heavy atom. The van der Waals surface area contributed by atoms with Gasteiger partial charge in [-0.2, -0.15) is 0 Å². The zero-order valence-electron chi connectivity index (χ0n) is 34.0. The van der Waals surface area contributed by atoms with Gasteiger partial charge in [-0.05, 0) is 108 Å². The third kappa shape index (κ3) is 9.19. The van der Waals surface area contributed by atoms with E-state index in [1.807, 2.05) is 19.9 Å². The number of carbonyl (C=O) groups is 1. The minimum absolute atomic E-state index is 0.0590. The van der Waals surface area contributed by atoms with Crippen molar-refractivity contribution in [1.29, 1.82) is 0 Å². The maximum Gasteiger partial charge on any atom is 0.514 e. The Balaban J connectivity index is 1.30. The number of carbonyl (C=O) groups excluding carboxylic acids is 1. The molecule has 2 aliphatic heterocycles. The summed E-state index contributed by atoms with van der Waals surface area (Å²) in [5, 5.41) is 12.3. The highest BCUT2D eigenvalue weighted by molar-refractivity contribution is 5.68. The summed E-state index contributed by atoms with van der Waals surface area (Å²) in [5.74, 6) is 1.75. The SMILES string of the molecule is CCOCCOCCOCCOCCOC(=O)Oc1ccc(C)c2c1O[C@H]1CCC[C@@]3(CC(COC)C(C)(O)C(C)(C)C)C(C)N(CC4CC4)CCC213. The Kier molecular flexibility index (Phi) is 14.6. The second-order valence-electron chi connectivity index (χ2n) is 17.1. The van der Waals surface area contributed by atoms with Crippen molar-refractivity contribution < 1.29 is 47.8 Å². The standard InChI is InChI=1S/C42H69NO10/c1-9-47-19-20-48-21-22-49-23-24-50-25-26-51-38(44)52-34-15-12-30(2)36-37(34)53-35-11-10-16-41(27-33(29-46-8)40(7,45)39(4,5)6)31(3)43(28-32-13-14-32)18-17-42(35,36)41/h12,15,31-33,35,45H,9-11,13-14,16-29H2,1-8H3/t31?,33?,35-,40?,41+,42?/m0/s1. The number of benzene rings is 1. The Bertz CT molecular complexity index is 1330. The van der Waals surface area contributed by atoms with Crippen molar-refractivity contribution in [1.82, 2.24) is 4.90 Å². The Morgan fingerprint density at radius 3 is 2.21 bits per heavy atom. The lowest BCUT2D eigenvalue weighted by atomic mass is 9.44. The van der Waals surface area contributed by atoms with Gasteiger partial charge in [-0.15, -0.1) is 0 Å². The molecule has 1 aromatic rings. The molecule has 1 spiro atoms. The third-order valence-electron chi connectivity index (χ3n) is 13.1. The smallest absolute Gasteiger partial charge is 0.485 e. The van der Waals surface area contributed by atoms with Crippen molar-refractivity contribution in [2.45, 2.75) is 117 Å². The van der Waals surface area contributed by atoms with Gasteiger partial charge >= 0.3 is 6.16 Å². The summed E-state index contributed by atoms with van der Waals surface area (Å²) in [7, 11) is 1.75. The number of rotatable bonds is 21. The molecule has 4 aliphatic rings. The average Bonchev–Trinajstić information content (AvgIpc) is 3.86. The van der Waals surface area contributed by atoms with Gasteiger partial charge in [-0.3, -0.25) is 4.90 Å². The molecule has 1 aromatic carbocycles. The fourth-order valence-corrected chi connectivity index (χ4v) is 9.61. The summed E-state index contributed by atoms with van der Waals surface area (Å²) >= 11 is 0. The molecule has 0 radical (unpaired) electrons. The zero-order valence-corrected chi connectivity index (χ0v) is 34.0. The van der Waals surface area contributed by atoms with Crippen LogP contribution in [0, 0.1) is 29.6 Å². The predicted molar refractivity (Wildman–Crippen MR) is 203 cm³/mol. The maximum absolute atomic E-state index is 13.0. The van der Waals surface area contributed by atoms with Gasteiger partial charge in [0.15, 0.2) is 11.5 Å². The lowest BCUT2D eigenvalue weighted by Crippen LogP contribution is -2.69. The molecule has 5 rings (SSSR count). The quantitative estimate of drug-likeness (QED) is 0.0822. The monoisotopic (exact) mass is 747 g/mol. The van der Waals surface area contributed by atoms with Crippen molar-refractivity contribution in [2.75, 3.05) is 86.3 Å². The normalized spacial score (nSPS) is 27.3. The highest BCUT2D eigenvalue weighted by Gasteiger charge is 2.69. The number of fused-ring (bicyclic) bond motifs is 1. The number of piperidine rings is 1. The van der Waals surface area contributed by atoms with Gasteiger partial charge in [0, 0.05) is 43.2 Å². The molecule has 3 fully saturated rings. The molecule has 302 valence electrons. The number of hydrogen-bond donors (Lipinski definition) is 1. The summed E-state index contributed by atoms with van der Waals surface area (Å²) in [6.07, 6.45) is 6.54. The molecule has 11 heteroatoms. The molecule has 2 saturated carbocycles. The molecule has 1 saturated heterocycles. The molecule has 4 unspecified atom stereocenters. The van der Waals surface area contributed by atoms with E-state index in [1.54, 1.807) is 7.11 Å². The Hall–Kier alpha value is -1.99. The van der Waals surface area contributed by atoms with E-state index in [0.29, 0.717) is 64.4 Å². The van der Waals surface area contributed by atoms with Crippen LogP contribution in [0.5, 0.6) is 11.5 Å². The second kappa shape index (κ2) is 18.3. The van der Waals surface area contributed by atoms with Gasteiger partial charge in [-0.1, -0.05) is 26.8 Å². The van der Waals surface area contributed by atoms with E-state index in [0.717, 1.165) is 56.7 Å². The largest absolute Gasteiger partial charge is 0.514 e. The average molecular weight is 748 g/mol. The number of methoxy groups -OCH3 is 1. The van der Waals surface area contributed by atoms with Gasteiger partial charge in [0.1, 0.15) is 12.7 Å². The molecule has 0 aromatic heterocycles. The van der Waals surface area contributed by atoms with E-state index >= 15 is 0 Å². The summed E-state index contributed by atoms with van der Waals surface area (Å²) in [6, 6.07) is 4.17. The van der Waals surface area contributed by atoms with Crippen LogP contribution in [0.15, 0.2) is 12.1 Å². The number of ether oxygens (including phenoxy) is 8. The van der Waals surface area contributed by atoms with Crippen LogP contribution >= 0.6 is 0 Å². The Labute approximate surface area is 318 Å². The van der Waals surface area contributed by atoms with E-state index < -0.39 is 11.8 Å². The van der Waals surface area contributed by atoms with Gasteiger partial charge < -0.3 is 43.0 Å². The van der Waals surface area contributed by atoms with Crippen LogP contribution in [0.25, 0.3) is 0 Å². The molecule has 6 atom stereocenters. The molecule has 0 amide bonds. The molecule has 0 bridgehead atoms. The number of aryl methyl sites for hydroxylation is 1. The third-order valence-corrected chi connectivity index (χ3v) is 13.1. The van der Waals surface area contributed by atoms with Gasteiger partial charge in [-0.25, -0.2) is 4.79 Å². The van der Waals surface area contributed by atoms with Gasteiger partial charge in [0.2, 0.25) is 0 Å². The van der Waals surface area contributed by atoms with Crippen molar-refractivity contribution in [2.24, 2.45) is 22.7 Å². The van der Waals surface area contributed by atoms with E-state index in [-0.39, 0.29) is 47.5 Å². The first kappa shape index (κ1) is 42.2. The van der Waals surface area contributed by atoms with Crippen LogP contribution in [0.2, 0.25) is 0 Å². The molecule has 53 heavy (non-hydrogen) atoms. The van der Waals surface area contributed by atoms with Gasteiger partial charge in [0.25, 0.3) is 0 Å². The summed E-state index contributed by atoms with van der Waals surface area (Å²) in [6.45, 7) is 21.4. The fraction of sp³-hybridized carbons (Fsp3) is 0.833. The second-order valence-corrected chi connectivity index (χ2v) is 17.1. The van der Waals surface area contributed by atoms with E-state index in [2.05, 4.69) is 45.6 Å². The zero-order chi connectivity index (χ0) is 38.3. The molecule has 1 N–H and O–H groups in total. The topological polar surface area (TPSA) is 114 Å². The number of likely N-dealkylation sites (tertiary alicyclic amines) is 1. The Morgan fingerprint density at radius 2 is 1.60 bits per heavy atom. The van der Waals surface area contributed by atoms with Gasteiger partial charge in [0.05, 0.1) is 58.5 Å². The van der Waals surface area contributed by atoms with Crippen LogP contribution in [-0.2, 0) is 33.8 Å². The minimum Gasteiger partial charge on any atom is -0.485 e. The molecule has 2 aliphatic carbocycles. The van der Waals surface area contributed by atoms with E-state index in [1.165, 1.54) is 18.4 Å². The van der Waals surface area contributed by atoms with E-state index in [4.69, 9.17) is 37.9 Å². The minimum atomic E-state index is -0.966. The van der Waals surface area contributed by atoms with Crippen LogP contribution in [0.1, 0.15) is 97.6 Å². The van der Waals surface area contributed by atoms with Crippen molar-refractivity contribution in [3.05, 3.63) is 23.3 Å². The fourth-order valence-electron chi connectivity index (χ4n) is 9.61. The lowest BCUT2D eigenvalue weighted by Gasteiger charge is -2.64. The van der Waals surface area contributed by atoms with Crippen LogP contribution in [0.3, 0.4) is 0 Å². The van der Waals surface area contributed by atoms with Crippen LogP contribution in [-0.4, -0.2) is 120 Å². The molecular formula is C42H69NO10. The molecular weight excluding hydrogens is 678 g/mol. The van der Waals surface area contributed by atoms with E-state index in [9.17, 15) is 9.90 Å². The highest BCUT2D eigenvalue weighted by atomic mass is 16.7. The molecule has 11 nitrogen and oxygen atoms in total. The first-order chi connectivity index (χ1) is 25.3. The van der Waals surface area contributed by atoms with Crippen LogP contribution in [0.4, 0.5) is 4.79 Å². The summed E-state index contributed by atoms with van der Waals surface area (Å²) in [4.78, 5) is 15.8. The van der Waals surface area contributed by atoms with Crippen molar-refractivity contribution in [3.8, 4) is 11.5 Å². The molecule has 2 heterocycles. The van der Waals surface area contributed by atoms with Crippen LogP contribution < -0.4 is 9.47 Å². The maximum atomic E-state index is 13.0. The first-order valence-electron chi connectivity index (χ1n) is 20.2. The summed E-state index contributed by atoms with van der Waals surface area (Å²) in [5.41, 5.74) is 0.494. The van der Waals surface area contributed by atoms with Crippen molar-refractivity contribution in [3.63, 3.8) is 0 Å². The summed E-state index contributed by atoms with van der Waals surface area (Å²) < 4.78 is 46.0. The lowest BCUT2D eigenvalue weighted by molar-refractivity contribution is -0.166. The highest BCUT2D eigenvalue weighted by Crippen LogP contribution is 2.69.